The predicted octanol–water partition coefficient (Wildman–Crippen LogP) is 5.82. The Morgan fingerprint density at radius 2 is 1.94 bits per heavy atom. The van der Waals surface area contributed by atoms with E-state index >= 15 is 0 Å². The van der Waals surface area contributed by atoms with Gasteiger partial charge in [-0.05, 0) is 60.7 Å². The number of aryl methyl sites for hydroxylation is 1. The van der Waals surface area contributed by atoms with Crippen molar-refractivity contribution in [3.05, 3.63) is 77.4 Å². The highest BCUT2D eigenvalue weighted by Crippen LogP contribution is 2.40. The molecule has 1 unspecified atom stereocenters. The number of aliphatic hydroxyl groups excluding tert-OH is 1. The number of ketones is 1. The summed E-state index contributed by atoms with van der Waals surface area (Å²) in [6, 6.07) is 11.9. The van der Waals surface area contributed by atoms with Crippen LogP contribution in [0.4, 0.5) is 0 Å². The minimum Gasteiger partial charge on any atom is -0.507 e. The van der Waals surface area contributed by atoms with Gasteiger partial charge in [0.05, 0.1) is 18.2 Å². The molecule has 1 atom stereocenters. The first-order valence-electron chi connectivity index (χ1n) is 12.1. The maximum absolute atomic E-state index is 13.2. The smallest absolute Gasteiger partial charge is 0.295 e. The Labute approximate surface area is 207 Å². The first-order chi connectivity index (χ1) is 16.8. The fraction of sp³-hybridized carbons (Fsp3) is 0.379. The van der Waals surface area contributed by atoms with E-state index in [4.69, 9.17) is 9.47 Å². The van der Waals surface area contributed by atoms with Crippen LogP contribution < -0.4 is 9.47 Å². The van der Waals surface area contributed by atoms with Crippen molar-refractivity contribution in [1.29, 1.82) is 0 Å². The van der Waals surface area contributed by atoms with Gasteiger partial charge in [0.15, 0.2) is 0 Å². The lowest BCUT2D eigenvalue weighted by Crippen LogP contribution is -2.30. The fourth-order valence-corrected chi connectivity index (χ4v) is 4.09. The molecule has 1 saturated heterocycles. The molecule has 0 bridgehead atoms. The summed E-state index contributed by atoms with van der Waals surface area (Å²) < 4.78 is 11.5. The third-order valence-corrected chi connectivity index (χ3v) is 5.85. The number of benzene rings is 2. The van der Waals surface area contributed by atoms with E-state index in [1.165, 1.54) is 0 Å². The van der Waals surface area contributed by atoms with E-state index in [0.717, 1.165) is 24.2 Å². The number of amides is 1. The van der Waals surface area contributed by atoms with Crippen molar-refractivity contribution in [2.24, 2.45) is 5.92 Å². The number of ether oxygens (including phenoxy) is 2. The van der Waals surface area contributed by atoms with Gasteiger partial charge in [-0.2, -0.15) is 0 Å². The van der Waals surface area contributed by atoms with Crippen LogP contribution in [0.3, 0.4) is 0 Å². The summed E-state index contributed by atoms with van der Waals surface area (Å²) in [6.45, 7) is 13.1. The van der Waals surface area contributed by atoms with Crippen molar-refractivity contribution in [3.8, 4) is 11.5 Å². The number of carbonyl (C=O) groups is 2. The zero-order valence-corrected chi connectivity index (χ0v) is 21.0. The van der Waals surface area contributed by atoms with Gasteiger partial charge in [-0.3, -0.25) is 9.59 Å². The van der Waals surface area contributed by atoms with E-state index in [0.29, 0.717) is 42.6 Å². The zero-order valence-electron chi connectivity index (χ0n) is 21.0. The van der Waals surface area contributed by atoms with E-state index in [-0.39, 0.29) is 11.3 Å². The molecule has 0 spiro atoms. The fourth-order valence-electron chi connectivity index (χ4n) is 4.09. The molecule has 6 nitrogen and oxygen atoms in total. The Morgan fingerprint density at radius 3 is 2.60 bits per heavy atom. The topological polar surface area (TPSA) is 76.1 Å². The van der Waals surface area contributed by atoms with Crippen LogP contribution in [0.25, 0.3) is 5.76 Å². The Balaban J connectivity index is 2.08. The monoisotopic (exact) mass is 477 g/mol. The minimum atomic E-state index is -0.703. The minimum absolute atomic E-state index is 0.0854. The lowest BCUT2D eigenvalue weighted by molar-refractivity contribution is -0.139. The van der Waals surface area contributed by atoms with Crippen molar-refractivity contribution >= 4 is 17.4 Å². The molecular formula is C29H35NO5. The largest absolute Gasteiger partial charge is 0.507 e. The van der Waals surface area contributed by atoms with Crippen molar-refractivity contribution in [2.45, 2.75) is 46.6 Å². The molecule has 0 saturated carbocycles. The summed E-state index contributed by atoms with van der Waals surface area (Å²) in [5, 5.41) is 11.3. The van der Waals surface area contributed by atoms with Crippen molar-refractivity contribution in [2.75, 3.05) is 19.8 Å². The molecule has 35 heavy (non-hydrogen) atoms. The number of hydrogen-bond donors (Lipinski definition) is 1. The van der Waals surface area contributed by atoms with Gasteiger partial charge in [-0.1, -0.05) is 52.0 Å². The standard InChI is InChI=1S/C29H35NO5/c1-6-8-14-30-26(21-10-9-11-23(17-21)34-15-7-2)25(28(32)29(30)33)27(31)22-12-13-24(20(5)16-22)35-18-19(3)4/h7,9-13,16-17,19,26,31H,2,6,8,14-15,18H2,1,3-5H3/b27-25+. The van der Waals surface area contributed by atoms with E-state index in [1.54, 1.807) is 35.2 Å². The molecule has 0 aromatic heterocycles. The summed E-state index contributed by atoms with van der Waals surface area (Å²) >= 11 is 0. The molecule has 1 N–H and O–H groups in total. The third-order valence-electron chi connectivity index (χ3n) is 5.85. The van der Waals surface area contributed by atoms with E-state index < -0.39 is 17.7 Å². The molecule has 3 rings (SSSR count). The van der Waals surface area contributed by atoms with E-state index in [2.05, 4.69) is 20.4 Å². The molecule has 1 aliphatic rings. The van der Waals surface area contributed by atoms with Gasteiger partial charge in [0, 0.05) is 12.1 Å². The summed E-state index contributed by atoms with van der Waals surface area (Å²) in [6.07, 6.45) is 3.27. The Morgan fingerprint density at radius 1 is 1.17 bits per heavy atom. The van der Waals surface area contributed by atoms with Crippen LogP contribution in [-0.2, 0) is 9.59 Å². The van der Waals surface area contributed by atoms with Crippen LogP contribution in [0.15, 0.2) is 60.7 Å². The van der Waals surface area contributed by atoms with Gasteiger partial charge < -0.3 is 19.5 Å². The van der Waals surface area contributed by atoms with Gasteiger partial charge in [-0.15, -0.1) is 0 Å². The summed E-state index contributed by atoms with van der Waals surface area (Å²) in [5.41, 5.74) is 2.10. The van der Waals surface area contributed by atoms with Crippen molar-refractivity contribution in [3.63, 3.8) is 0 Å². The lowest BCUT2D eigenvalue weighted by Gasteiger charge is -2.25. The number of likely N-dealkylation sites (tertiary alicyclic amines) is 1. The molecule has 1 aliphatic heterocycles. The van der Waals surface area contributed by atoms with Crippen LogP contribution in [0.5, 0.6) is 11.5 Å². The molecule has 186 valence electrons. The normalized spacial score (nSPS) is 17.2. The Kier molecular flexibility index (Phi) is 8.74. The average Bonchev–Trinajstić information content (AvgIpc) is 3.09. The van der Waals surface area contributed by atoms with E-state index in [1.807, 2.05) is 32.0 Å². The second-order valence-corrected chi connectivity index (χ2v) is 9.20. The molecular weight excluding hydrogens is 442 g/mol. The van der Waals surface area contributed by atoms with Crippen molar-refractivity contribution in [1.82, 2.24) is 4.90 Å². The Hall–Kier alpha value is -3.54. The maximum atomic E-state index is 13.2. The Bertz CT molecular complexity index is 1120. The van der Waals surface area contributed by atoms with Crippen LogP contribution >= 0.6 is 0 Å². The molecule has 6 heteroatoms. The second-order valence-electron chi connectivity index (χ2n) is 9.20. The molecule has 0 radical (unpaired) electrons. The van der Waals surface area contributed by atoms with Gasteiger partial charge in [0.1, 0.15) is 23.9 Å². The first-order valence-corrected chi connectivity index (χ1v) is 12.1. The number of unbranched alkanes of at least 4 members (excludes halogenated alkanes) is 1. The average molecular weight is 478 g/mol. The molecule has 0 aliphatic carbocycles. The zero-order chi connectivity index (χ0) is 25.5. The maximum Gasteiger partial charge on any atom is 0.295 e. The molecule has 2 aromatic rings. The van der Waals surface area contributed by atoms with E-state index in [9.17, 15) is 14.7 Å². The van der Waals surface area contributed by atoms with Crippen LogP contribution in [-0.4, -0.2) is 41.5 Å². The van der Waals surface area contributed by atoms with Gasteiger partial charge in [0.25, 0.3) is 11.7 Å². The first kappa shape index (κ1) is 26.1. The van der Waals surface area contributed by atoms with Gasteiger partial charge >= 0.3 is 0 Å². The molecule has 1 fully saturated rings. The van der Waals surface area contributed by atoms with Gasteiger partial charge in [0.2, 0.25) is 0 Å². The SMILES string of the molecule is C=CCOc1cccc(C2/C(=C(\O)c3ccc(OCC(C)C)c(C)c3)C(=O)C(=O)N2CCCC)c1. The number of carbonyl (C=O) groups excluding carboxylic acids is 2. The number of rotatable bonds is 11. The summed E-state index contributed by atoms with van der Waals surface area (Å²) in [5.74, 6) is 0.235. The number of hydrogen-bond acceptors (Lipinski definition) is 5. The van der Waals surface area contributed by atoms with Gasteiger partial charge in [-0.25, -0.2) is 0 Å². The van der Waals surface area contributed by atoms with Crippen LogP contribution in [0, 0.1) is 12.8 Å². The highest BCUT2D eigenvalue weighted by atomic mass is 16.5. The number of aliphatic hydroxyl groups is 1. The quantitative estimate of drug-likeness (QED) is 0.191. The van der Waals surface area contributed by atoms with Crippen LogP contribution in [0.1, 0.15) is 56.3 Å². The second kappa shape index (κ2) is 11.7. The van der Waals surface area contributed by atoms with Crippen molar-refractivity contribution < 1.29 is 24.2 Å². The highest BCUT2D eigenvalue weighted by molar-refractivity contribution is 6.46. The third kappa shape index (κ3) is 5.94. The lowest BCUT2D eigenvalue weighted by atomic mass is 9.94. The summed E-state index contributed by atoms with van der Waals surface area (Å²) in [4.78, 5) is 27.8. The predicted molar refractivity (Wildman–Crippen MR) is 138 cm³/mol. The van der Waals surface area contributed by atoms with Crippen LogP contribution in [0.2, 0.25) is 0 Å². The molecule has 1 heterocycles. The summed E-state index contributed by atoms with van der Waals surface area (Å²) in [7, 11) is 0. The highest BCUT2D eigenvalue weighted by Gasteiger charge is 2.45. The number of nitrogens with zero attached hydrogens (tertiary/aromatic N) is 1. The molecule has 2 aromatic carbocycles. The molecule has 1 amide bonds. The number of Topliss-reactive ketones (excluding diaryl/α,β-unsaturated/α-hetero) is 1.